The molecular formula is C22H31BrN2O2. The van der Waals surface area contributed by atoms with Crippen molar-refractivity contribution >= 4 is 15.9 Å². The normalized spacial score (nSPS) is 11.0. The molecule has 0 atom stereocenters. The lowest BCUT2D eigenvalue weighted by molar-refractivity contribution is 0.282. The summed E-state index contributed by atoms with van der Waals surface area (Å²) in [5.74, 6) is 1.49. The van der Waals surface area contributed by atoms with Crippen LogP contribution in [0.4, 0.5) is 0 Å². The van der Waals surface area contributed by atoms with E-state index in [1.165, 1.54) is 5.56 Å². The molecule has 0 spiro atoms. The number of methoxy groups -OCH3 is 1. The fourth-order valence-corrected chi connectivity index (χ4v) is 3.55. The van der Waals surface area contributed by atoms with Crippen molar-refractivity contribution in [1.82, 2.24) is 10.2 Å². The van der Waals surface area contributed by atoms with E-state index in [0.717, 1.165) is 60.7 Å². The topological polar surface area (TPSA) is 33.7 Å². The van der Waals surface area contributed by atoms with Crippen LogP contribution in [-0.2, 0) is 13.2 Å². The molecule has 0 heterocycles. The smallest absolute Gasteiger partial charge is 0.175 e. The van der Waals surface area contributed by atoms with Gasteiger partial charge in [-0.05, 0) is 71.8 Å². The minimum Gasteiger partial charge on any atom is -0.493 e. The Balaban J connectivity index is 1.89. The Labute approximate surface area is 172 Å². The minimum absolute atomic E-state index is 0.513. The van der Waals surface area contributed by atoms with Crippen molar-refractivity contribution < 1.29 is 9.47 Å². The largest absolute Gasteiger partial charge is 0.493 e. The molecule has 2 aromatic carbocycles. The Morgan fingerprint density at radius 1 is 1.04 bits per heavy atom. The number of halogens is 1. The number of hydrogen-bond donors (Lipinski definition) is 1. The highest BCUT2D eigenvalue weighted by Crippen LogP contribution is 2.37. The Bertz CT molecular complexity index is 676. The fraction of sp³-hybridized carbons (Fsp3) is 0.455. The maximum atomic E-state index is 6.00. The second-order valence-corrected chi connectivity index (χ2v) is 7.29. The van der Waals surface area contributed by atoms with Crippen LogP contribution in [0.3, 0.4) is 0 Å². The van der Waals surface area contributed by atoms with E-state index >= 15 is 0 Å². The lowest BCUT2D eigenvalue weighted by atomic mass is 10.2. The third-order valence-corrected chi connectivity index (χ3v) is 5.16. The fourth-order valence-electron chi connectivity index (χ4n) is 2.95. The number of hydrogen-bond acceptors (Lipinski definition) is 4. The first-order valence-corrected chi connectivity index (χ1v) is 10.4. The van der Waals surface area contributed by atoms with Gasteiger partial charge in [0, 0.05) is 6.54 Å². The van der Waals surface area contributed by atoms with Gasteiger partial charge in [0.2, 0.25) is 0 Å². The van der Waals surface area contributed by atoms with E-state index in [2.05, 4.69) is 58.2 Å². The quantitative estimate of drug-likeness (QED) is 0.483. The molecule has 0 saturated carbocycles. The molecule has 0 aliphatic rings. The molecule has 0 unspecified atom stereocenters. The molecule has 0 fully saturated rings. The van der Waals surface area contributed by atoms with Gasteiger partial charge in [-0.15, -0.1) is 0 Å². The Morgan fingerprint density at radius 2 is 1.78 bits per heavy atom. The van der Waals surface area contributed by atoms with E-state index in [-0.39, 0.29) is 0 Å². The number of rotatable bonds is 12. The van der Waals surface area contributed by atoms with Gasteiger partial charge in [-0.1, -0.05) is 44.2 Å². The Kier molecular flexibility index (Phi) is 9.67. The highest BCUT2D eigenvalue weighted by molar-refractivity contribution is 9.10. The summed E-state index contributed by atoms with van der Waals surface area (Å²) >= 11 is 3.63. The second-order valence-electron chi connectivity index (χ2n) is 6.44. The summed E-state index contributed by atoms with van der Waals surface area (Å²) in [6, 6.07) is 14.3. The van der Waals surface area contributed by atoms with Crippen molar-refractivity contribution in [2.75, 3.05) is 33.3 Å². The van der Waals surface area contributed by atoms with Gasteiger partial charge in [0.15, 0.2) is 11.5 Å². The van der Waals surface area contributed by atoms with E-state index in [0.29, 0.717) is 6.61 Å². The average Bonchev–Trinajstić information content (AvgIpc) is 2.70. The van der Waals surface area contributed by atoms with E-state index in [4.69, 9.17) is 9.47 Å². The zero-order valence-corrected chi connectivity index (χ0v) is 18.2. The third kappa shape index (κ3) is 7.17. The monoisotopic (exact) mass is 434 g/mol. The van der Waals surface area contributed by atoms with Gasteiger partial charge < -0.3 is 19.7 Å². The molecule has 5 heteroatoms. The zero-order valence-electron chi connectivity index (χ0n) is 16.6. The Morgan fingerprint density at radius 3 is 2.44 bits per heavy atom. The molecule has 4 nitrogen and oxygen atoms in total. The number of ether oxygens (including phenoxy) is 2. The first-order chi connectivity index (χ1) is 13.2. The molecule has 148 valence electrons. The Hall–Kier alpha value is -1.56. The van der Waals surface area contributed by atoms with Gasteiger partial charge in [-0.2, -0.15) is 0 Å². The van der Waals surface area contributed by atoms with Gasteiger partial charge in [0.25, 0.3) is 0 Å². The molecule has 0 aromatic heterocycles. The van der Waals surface area contributed by atoms with Crippen molar-refractivity contribution in [2.45, 2.75) is 33.4 Å². The van der Waals surface area contributed by atoms with Crippen LogP contribution in [0.1, 0.15) is 31.4 Å². The molecule has 0 aliphatic heterocycles. The summed E-state index contributed by atoms with van der Waals surface area (Å²) in [4.78, 5) is 2.44. The lowest BCUT2D eigenvalue weighted by Crippen LogP contribution is -2.27. The van der Waals surface area contributed by atoms with Crippen molar-refractivity contribution in [3.63, 3.8) is 0 Å². The van der Waals surface area contributed by atoms with Crippen molar-refractivity contribution in [1.29, 1.82) is 0 Å². The summed E-state index contributed by atoms with van der Waals surface area (Å²) in [7, 11) is 1.68. The highest BCUT2D eigenvalue weighted by Gasteiger charge is 2.12. The summed E-state index contributed by atoms with van der Waals surface area (Å²) in [5, 5.41) is 3.52. The minimum atomic E-state index is 0.513. The molecule has 0 amide bonds. The molecule has 2 rings (SSSR count). The highest BCUT2D eigenvalue weighted by atomic mass is 79.9. The average molecular weight is 435 g/mol. The van der Waals surface area contributed by atoms with Crippen LogP contribution < -0.4 is 14.8 Å². The molecule has 27 heavy (non-hydrogen) atoms. The predicted molar refractivity (Wildman–Crippen MR) is 116 cm³/mol. The predicted octanol–water partition coefficient (Wildman–Crippen LogP) is 4.86. The van der Waals surface area contributed by atoms with E-state index in [1.54, 1.807) is 7.11 Å². The number of nitrogens with zero attached hydrogens (tertiary/aromatic N) is 1. The maximum absolute atomic E-state index is 6.00. The van der Waals surface area contributed by atoms with Gasteiger partial charge in [0.05, 0.1) is 11.6 Å². The summed E-state index contributed by atoms with van der Waals surface area (Å²) in [6.07, 6.45) is 1.15. The van der Waals surface area contributed by atoms with E-state index < -0.39 is 0 Å². The van der Waals surface area contributed by atoms with Gasteiger partial charge in [-0.25, -0.2) is 0 Å². The second kappa shape index (κ2) is 12.0. The van der Waals surface area contributed by atoms with Crippen LogP contribution >= 0.6 is 15.9 Å². The molecule has 0 bridgehead atoms. The number of nitrogens with one attached hydrogen (secondary N) is 1. The summed E-state index contributed by atoms with van der Waals surface area (Å²) in [5.41, 5.74) is 2.30. The van der Waals surface area contributed by atoms with Crippen LogP contribution in [0.15, 0.2) is 46.9 Å². The first kappa shape index (κ1) is 21.7. The molecule has 0 radical (unpaired) electrons. The van der Waals surface area contributed by atoms with Crippen LogP contribution in [0.5, 0.6) is 11.5 Å². The van der Waals surface area contributed by atoms with Gasteiger partial charge >= 0.3 is 0 Å². The van der Waals surface area contributed by atoms with Crippen LogP contribution in [0.2, 0.25) is 0 Å². The first-order valence-electron chi connectivity index (χ1n) is 9.64. The molecule has 1 N–H and O–H groups in total. The summed E-state index contributed by atoms with van der Waals surface area (Å²) < 4.78 is 12.5. The molecule has 2 aromatic rings. The van der Waals surface area contributed by atoms with E-state index in [1.807, 2.05) is 24.3 Å². The zero-order chi connectivity index (χ0) is 19.5. The van der Waals surface area contributed by atoms with Crippen LogP contribution in [0.25, 0.3) is 0 Å². The maximum Gasteiger partial charge on any atom is 0.175 e. The van der Waals surface area contributed by atoms with E-state index in [9.17, 15) is 0 Å². The van der Waals surface area contributed by atoms with Crippen LogP contribution in [0, 0.1) is 0 Å². The molecule has 0 aliphatic carbocycles. The number of benzene rings is 2. The molecule has 0 saturated heterocycles. The van der Waals surface area contributed by atoms with Crippen molar-refractivity contribution in [3.8, 4) is 11.5 Å². The lowest BCUT2D eigenvalue weighted by Gasteiger charge is -2.18. The van der Waals surface area contributed by atoms with Crippen LogP contribution in [-0.4, -0.2) is 38.2 Å². The standard InChI is InChI=1S/C22H31BrN2O2/c1-4-25(5-2)13-9-12-24-16-19-14-20(23)22(21(15-19)26-3)27-17-18-10-7-6-8-11-18/h6-8,10-11,14-15,24H,4-5,9,12-13,16-17H2,1-3H3. The van der Waals surface area contributed by atoms with Gasteiger partial charge in [-0.3, -0.25) is 0 Å². The third-order valence-electron chi connectivity index (χ3n) is 4.57. The van der Waals surface area contributed by atoms with Gasteiger partial charge in [0.1, 0.15) is 6.61 Å². The molecular weight excluding hydrogens is 404 g/mol. The van der Waals surface area contributed by atoms with Crippen molar-refractivity contribution in [3.05, 3.63) is 58.1 Å². The van der Waals surface area contributed by atoms with Crippen molar-refractivity contribution in [2.24, 2.45) is 0 Å². The summed E-state index contributed by atoms with van der Waals surface area (Å²) in [6.45, 7) is 10.1. The SMILES string of the molecule is CCN(CC)CCCNCc1cc(Br)c(OCc2ccccc2)c(OC)c1.